The van der Waals surface area contributed by atoms with E-state index >= 15 is 0 Å². The van der Waals surface area contributed by atoms with E-state index in [4.69, 9.17) is 0 Å². The molecule has 1 N–H and O–H groups in total. The van der Waals surface area contributed by atoms with Crippen LogP contribution in [-0.2, 0) is 16.1 Å². The first-order valence-corrected chi connectivity index (χ1v) is 8.15. The van der Waals surface area contributed by atoms with E-state index in [-0.39, 0.29) is 30.7 Å². The van der Waals surface area contributed by atoms with Gasteiger partial charge in [-0.15, -0.1) is 0 Å². The standard InChI is InChI=1S/C17H22FN3O2/c18-14-4-1-3-13(9-14)10-21(15-5-2-6-15)12-17(23)20-8-7-19-16(22)11-20/h1,3-4,9,15H,2,5-8,10-12H2,(H,19,22). The van der Waals surface area contributed by atoms with Gasteiger partial charge in [0, 0.05) is 25.7 Å². The molecule has 0 bridgehead atoms. The number of amides is 2. The average molecular weight is 319 g/mol. The molecule has 1 aromatic rings. The van der Waals surface area contributed by atoms with Gasteiger partial charge in [0.1, 0.15) is 5.82 Å². The van der Waals surface area contributed by atoms with E-state index in [1.807, 2.05) is 6.07 Å². The van der Waals surface area contributed by atoms with Gasteiger partial charge in [0.05, 0.1) is 13.1 Å². The van der Waals surface area contributed by atoms with Crippen LogP contribution in [0.4, 0.5) is 4.39 Å². The van der Waals surface area contributed by atoms with Crippen molar-refractivity contribution in [1.29, 1.82) is 0 Å². The van der Waals surface area contributed by atoms with Crippen LogP contribution in [0, 0.1) is 5.82 Å². The minimum absolute atomic E-state index is 0.0249. The van der Waals surface area contributed by atoms with Gasteiger partial charge in [-0.1, -0.05) is 18.6 Å². The smallest absolute Gasteiger partial charge is 0.239 e. The number of hydrogen-bond donors (Lipinski definition) is 1. The van der Waals surface area contributed by atoms with Crippen LogP contribution in [0.1, 0.15) is 24.8 Å². The molecule has 5 nitrogen and oxygen atoms in total. The number of nitrogens with zero attached hydrogens (tertiary/aromatic N) is 2. The van der Waals surface area contributed by atoms with Crippen molar-refractivity contribution in [3.05, 3.63) is 35.6 Å². The van der Waals surface area contributed by atoms with E-state index in [1.54, 1.807) is 11.0 Å². The second-order valence-electron chi connectivity index (χ2n) is 6.28. The number of carbonyl (C=O) groups excluding carboxylic acids is 2. The zero-order valence-corrected chi connectivity index (χ0v) is 13.1. The monoisotopic (exact) mass is 319 g/mol. The molecule has 1 aromatic carbocycles. The van der Waals surface area contributed by atoms with Gasteiger partial charge in [-0.05, 0) is 30.5 Å². The SMILES string of the molecule is O=C1CN(C(=O)CN(Cc2cccc(F)c2)C2CCC2)CCN1. The minimum atomic E-state index is -0.255. The second-order valence-corrected chi connectivity index (χ2v) is 6.28. The van der Waals surface area contributed by atoms with Gasteiger partial charge in [0.15, 0.2) is 0 Å². The van der Waals surface area contributed by atoms with Crippen LogP contribution in [0.15, 0.2) is 24.3 Å². The fourth-order valence-corrected chi connectivity index (χ4v) is 3.06. The number of benzene rings is 1. The van der Waals surface area contributed by atoms with Crippen LogP contribution in [0.2, 0.25) is 0 Å². The van der Waals surface area contributed by atoms with E-state index in [0.717, 1.165) is 18.4 Å². The Hall–Kier alpha value is -1.95. The van der Waals surface area contributed by atoms with Crippen molar-refractivity contribution in [3.8, 4) is 0 Å². The summed E-state index contributed by atoms with van der Waals surface area (Å²) >= 11 is 0. The van der Waals surface area contributed by atoms with Crippen molar-refractivity contribution in [1.82, 2.24) is 15.1 Å². The number of piperazine rings is 1. The lowest BCUT2D eigenvalue weighted by molar-refractivity contribution is -0.140. The van der Waals surface area contributed by atoms with Crippen LogP contribution < -0.4 is 5.32 Å². The van der Waals surface area contributed by atoms with Crippen LogP contribution >= 0.6 is 0 Å². The van der Waals surface area contributed by atoms with Crippen LogP contribution in [0.3, 0.4) is 0 Å². The number of rotatable bonds is 5. The molecule has 1 saturated heterocycles. The van der Waals surface area contributed by atoms with Crippen LogP contribution in [0.5, 0.6) is 0 Å². The Kier molecular flexibility index (Phi) is 4.91. The van der Waals surface area contributed by atoms with Crippen LogP contribution in [0.25, 0.3) is 0 Å². The molecule has 0 spiro atoms. The molecule has 0 radical (unpaired) electrons. The predicted octanol–water partition coefficient (Wildman–Crippen LogP) is 1.14. The third-order valence-corrected chi connectivity index (χ3v) is 4.60. The van der Waals surface area contributed by atoms with Gasteiger partial charge < -0.3 is 10.2 Å². The Morgan fingerprint density at radius 2 is 2.22 bits per heavy atom. The van der Waals surface area contributed by atoms with E-state index in [1.165, 1.54) is 18.6 Å². The highest BCUT2D eigenvalue weighted by molar-refractivity contribution is 5.86. The highest BCUT2D eigenvalue weighted by Gasteiger charge is 2.29. The lowest BCUT2D eigenvalue weighted by Gasteiger charge is -2.38. The molecule has 0 atom stereocenters. The minimum Gasteiger partial charge on any atom is -0.353 e. The first-order valence-electron chi connectivity index (χ1n) is 8.15. The summed E-state index contributed by atoms with van der Waals surface area (Å²) in [5, 5.41) is 2.72. The predicted molar refractivity (Wildman–Crippen MR) is 84.0 cm³/mol. The summed E-state index contributed by atoms with van der Waals surface area (Å²) in [4.78, 5) is 27.6. The summed E-state index contributed by atoms with van der Waals surface area (Å²) in [5.74, 6) is -0.386. The third kappa shape index (κ3) is 4.07. The van der Waals surface area contributed by atoms with Gasteiger partial charge in [0.2, 0.25) is 11.8 Å². The molecular weight excluding hydrogens is 297 g/mol. The summed E-state index contributed by atoms with van der Waals surface area (Å²) in [6.07, 6.45) is 3.32. The molecule has 0 aromatic heterocycles. The van der Waals surface area contributed by atoms with Gasteiger partial charge >= 0.3 is 0 Å². The van der Waals surface area contributed by atoms with Gasteiger partial charge in [-0.2, -0.15) is 0 Å². The molecule has 2 amide bonds. The van der Waals surface area contributed by atoms with Gasteiger partial charge in [-0.25, -0.2) is 4.39 Å². The van der Waals surface area contributed by atoms with Crippen molar-refractivity contribution in [2.24, 2.45) is 0 Å². The highest BCUT2D eigenvalue weighted by atomic mass is 19.1. The van der Waals surface area contributed by atoms with Crippen molar-refractivity contribution in [3.63, 3.8) is 0 Å². The molecule has 1 aliphatic heterocycles. The fourth-order valence-electron chi connectivity index (χ4n) is 3.06. The van der Waals surface area contributed by atoms with Gasteiger partial charge in [0.25, 0.3) is 0 Å². The molecule has 124 valence electrons. The summed E-state index contributed by atoms with van der Waals surface area (Å²) in [6.45, 7) is 2.06. The average Bonchev–Trinajstić information content (AvgIpc) is 2.45. The molecule has 1 aliphatic carbocycles. The maximum atomic E-state index is 13.4. The molecule has 1 saturated carbocycles. The molecule has 0 unspecified atom stereocenters. The molecular formula is C17H22FN3O2. The number of carbonyl (C=O) groups is 2. The molecule has 3 rings (SSSR count). The maximum Gasteiger partial charge on any atom is 0.239 e. The highest BCUT2D eigenvalue weighted by Crippen LogP contribution is 2.26. The Morgan fingerprint density at radius 3 is 2.87 bits per heavy atom. The first-order chi connectivity index (χ1) is 11.1. The topological polar surface area (TPSA) is 52.7 Å². The Balaban J connectivity index is 1.64. The van der Waals surface area contributed by atoms with Crippen molar-refractivity contribution in [2.75, 3.05) is 26.2 Å². The summed E-state index contributed by atoms with van der Waals surface area (Å²) < 4.78 is 13.4. The first kappa shape index (κ1) is 15.9. The van der Waals surface area contributed by atoms with Crippen molar-refractivity contribution >= 4 is 11.8 Å². The third-order valence-electron chi connectivity index (χ3n) is 4.60. The summed E-state index contributed by atoms with van der Waals surface area (Å²) in [6, 6.07) is 6.90. The van der Waals surface area contributed by atoms with Crippen molar-refractivity contribution in [2.45, 2.75) is 31.8 Å². The summed E-state index contributed by atoms with van der Waals surface area (Å²) in [5.41, 5.74) is 0.876. The zero-order chi connectivity index (χ0) is 16.2. The molecule has 2 fully saturated rings. The quantitative estimate of drug-likeness (QED) is 0.885. The molecule has 2 aliphatic rings. The molecule has 6 heteroatoms. The Labute approximate surface area is 135 Å². The van der Waals surface area contributed by atoms with E-state index in [0.29, 0.717) is 25.7 Å². The van der Waals surface area contributed by atoms with Gasteiger partial charge in [-0.3, -0.25) is 14.5 Å². The van der Waals surface area contributed by atoms with Crippen molar-refractivity contribution < 1.29 is 14.0 Å². The summed E-state index contributed by atoms with van der Waals surface area (Å²) in [7, 11) is 0. The zero-order valence-electron chi connectivity index (χ0n) is 13.1. The van der Waals surface area contributed by atoms with Crippen LogP contribution in [-0.4, -0.2) is 53.8 Å². The number of hydrogen-bond acceptors (Lipinski definition) is 3. The van der Waals surface area contributed by atoms with E-state index in [2.05, 4.69) is 10.2 Å². The maximum absolute atomic E-state index is 13.4. The largest absolute Gasteiger partial charge is 0.353 e. The molecule has 23 heavy (non-hydrogen) atoms. The second kappa shape index (κ2) is 7.08. The number of nitrogens with one attached hydrogen (secondary N) is 1. The fraction of sp³-hybridized carbons (Fsp3) is 0.529. The normalized spacial score (nSPS) is 18.7. The lowest BCUT2D eigenvalue weighted by Crippen LogP contribution is -2.53. The lowest BCUT2D eigenvalue weighted by atomic mass is 9.91. The number of halogens is 1. The Morgan fingerprint density at radius 1 is 1.39 bits per heavy atom. The van der Waals surface area contributed by atoms with E-state index in [9.17, 15) is 14.0 Å². The molecule has 1 heterocycles. The van der Waals surface area contributed by atoms with E-state index < -0.39 is 0 Å². The Bertz CT molecular complexity index is 589.